The number of ether oxygens (including phenoxy) is 1. The molecule has 29 heavy (non-hydrogen) atoms. The molecule has 0 aromatic carbocycles. The van der Waals surface area contributed by atoms with E-state index in [2.05, 4.69) is 27.4 Å². The molecular formula is C25H36O4. The minimum Gasteiger partial charge on any atom is -0.446 e. The number of carbonyl (C=O) groups excluding carboxylic acids is 2. The lowest BCUT2D eigenvalue weighted by atomic mass is 9.45. The first kappa shape index (κ1) is 20.8. The van der Waals surface area contributed by atoms with Gasteiger partial charge < -0.3 is 9.84 Å². The summed E-state index contributed by atoms with van der Waals surface area (Å²) in [5.41, 5.74) is 2.25. The highest BCUT2D eigenvalue weighted by atomic mass is 16.6. The van der Waals surface area contributed by atoms with E-state index in [1.807, 2.05) is 0 Å². The van der Waals surface area contributed by atoms with Gasteiger partial charge in [0.2, 0.25) is 0 Å². The molecule has 0 spiro atoms. The van der Waals surface area contributed by atoms with Crippen molar-refractivity contribution in [1.29, 1.82) is 0 Å². The number of esters is 1. The summed E-state index contributed by atoms with van der Waals surface area (Å²) in [6.45, 7) is 14.0. The molecule has 4 nitrogen and oxygen atoms in total. The zero-order chi connectivity index (χ0) is 21.4. The van der Waals surface area contributed by atoms with Crippen LogP contribution >= 0.6 is 0 Å². The van der Waals surface area contributed by atoms with Gasteiger partial charge in [-0.05, 0) is 87.5 Å². The Balaban J connectivity index is 1.78. The number of allylic oxidation sites excluding steroid dienone is 1. The number of carbonyl (C=O) groups is 2. The minimum absolute atomic E-state index is 0.0862. The van der Waals surface area contributed by atoms with Crippen LogP contribution in [-0.2, 0) is 14.3 Å². The average Bonchev–Trinajstić information content (AvgIpc) is 2.85. The zero-order valence-electron chi connectivity index (χ0n) is 18.6. The van der Waals surface area contributed by atoms with Crippen LogP contribution in [0.4, 0.5) is 0 Å². The molecular weight excluding hydrogens is 364 g/mol. The van der Waals surface area contributed by atoms with Gasteiger partial charge in [-0.3, -0.25) is 9.59 Å². The lowest BCUT2D eigenvalue weighted by Crippen LogP contribution is -2.59. The van der Waals surface area contributed by atoms with E-state index in [4.69, 9.17) is 4.74 Å². The predicted octanol–water partition coefficient (Wildman–Crippen LogP) is 4.76. The number of Topliss-reactive ketones (excluding diaryl/α,β-unsaturated/α-hetero) is 1. The van der Waals surface area contributed by atoms with Crippen molar-refractivity contribution in [2.45, 2.75) is 91.3 Å². The molecule has 3 fully saturated rings. The summed E-state index contributed by atoms with van der Waals surface area (Å²) in [4.78, 5) is 25.0. The van der Waals surface area contributed by atoms with Gasteiger partial charge in [-0.25, -0.2) is 0 Å². The predicted molar refractivity (Wildman–Crippen MR) is 112 cm³/mol. The second-order valence-corrected chi connectivity index (χ2v) is 10.7. The fraction of sp³-hybridized carbons (Fsp3) is 0.760. The molecule has 4 heteroatoms. The van der Waals surface area contributed by atoms with Crippen molar-refractivity contribution in [3.63, 3.8) is 0 Å². The Bertz CT molecular complexity index is 810. The lowest BCUT2D eigenvalue weighted by molar-refractivity contribution is -0.181. The van der Waals surface area contributed by atoms with E-state index >= 15 is 0 Å². The first-order chi connectivity index (χ1) is 13.5. The van der Waals surface area contributed by atoms with Crippen LogP contribution in [0.3, 0.4) is 0 Å². The van der Waals surface area contributed by atoms with Gasteiger partial charge in [-0.15, -0.1) is 0 Å². The third kappa shape index (κ3) is 2.60. The monoisotopic (exact) mass is 400 g/mol. The van der Waals surface area contributed by atoms with E-state index in [-0.39, 0.29) is 23.2 Å². The molecule has 1 N–H and O–H groups in total. The molecule has 4 rings (SSSR count). The van der Waals surface area contributed by atoms with E-state index in [1.165, 1.54) is 18.1 Å². The summed E-state index contributed by atoms with van der Waals surface area (Å²) >= 11 is 0. The quantitative estimate of drug-likeness (QED) is 0.536. The molecule has 0 aliphatic heterocycles. The Morgan fingerprint density at radius 2 is 1.76 bits per heavy atom. The molecule has 0 aromatic heterocycles. The number of aliphatic hydroxyl groups is 1. The van der Waals surface area contributed by atoms with Gasteiger partial charge in [0, 0.05) is 12.3 Å². The Hall–Kier alpha value is -1.42. The van der Waals surface area contributed by atoms with Crippen LogP contribution in [0.5, 0.6) is 0 Å². The van der Waals surface area contributed by atoms with Crippen LogP contribution < -0.4 is 0 Å². The molecule has 0 amide bonds. The molecule has 0 unspecified atom stereocenters. The van der Waals surface area contributed by atoms with Gasteiger partial charge in [0.15, 0.2) is 11.4 Å². The maximum atomic E-state index is 13.0. The Kier molecular flexibility index (Phi) is 4.70. The van der Waals surface area contributed by atoms with Crippen LogP contribution in [-0.4, -0.2) is 28.6 Å². The van der Waals surface area contributed by atoms with Gasteiger partial charge >= 0.3 is 5.97 Å². The van der Waals surface area contributed by atoms with Crippen molar-refractivity contribution < 1.29 is 19.4 Å². The Morgan fingerprint density at radius 3 is 2.38 bits per heavy atom. The molecule has 0 heterocycles. The van der Waals surface area contributed by atoms with Crippen LogP contribution in [0.1, 0.15) is 79.6 Å². The summed E-state index contributed by atoms with van der Waals surface area (Å²) < 4.78 is 5.86. The van der Waals surface area contributed by atoms with Crippen molar-refractivity contribution in [1.82, 2.24) is 0 Å². The summed E-state index contributed by atoms with van der Waals surface area (Å²) in [5, 5.41) is 10.3. The SMILES string of the molecule is C=C1C[C@@H]2[C@H]3CC(C)=C4C[C@@H](O)CC[C@]4(C)[C@@H]3CC[C@@]2(C)[C@]1(OC(C)=O)C(C)=O. The third-order valence-electron chi connectivity index (χ3n) is 9.39. The fourth-order valence-corrected chi connectivity index (χ4v) is 8.17. The fourth-order valence-electron chi connectivity index (χ4n) is 8.17. The third-order valence-corrected chi connectivity index (χ3v) is 9.39. The van der Waals surface area contributed by atoms with Crippen LogP contribution in [0.2, 0.25) is 0 Å². The van der Waals surface area contributed by atoms with Crippen LogP contribution in [0.15, 0.2) is 23.3 Å². The second-order valence-electron chi connectivity index (χ2n) is 10.7. The number of fused-ring (bicyclic) bond motifs is 5. The van der Waals surface area contributed by atoms with Crippen molar-refractivity contribution >= 4 is 11.8 Å². The maximum absolute atomic E-state index is 13.0. The van der Waals surface area contributed by atoms with Crippen LogP contribution in [0.25, 0.3) is 0 Å². The molecule has 4 aliphatic rings. The normalized spacial score (nSPS) is 46.6. The van der Waals surface area contributed by atoms with Gasteiger partial charge in [0.25, 0.3) is 0 Å². The summed E-state index contributed by atoms with van der Waals surface area (Å²) in [5.74, 6) is 0.820. The number of rotatable bonds is 2. The molecule has 160 valence electrons. The molecule has 3 saturated carbocycles. The first-order valence-electron chi connectivity index (χ1n) is 11.2. The van der Waals surface area contributed by atoms with E-state index in [0.29, 0.717) is 11.8 Å². The minimum atomic E-state index is -1.18. The van der Waals surface area contributed by atoms with Crippen molar-refractivity contribution in [2.75, 3.05) is 0 Å². The van der Waals surface area contributed by atoms with E-state index < -0.39 is 17.0 Å². The van der Waals surface area contributed by atoms with E-state index in [1.54, 1.807) is 6.92 Å². The molecule has 0 aromatic rings. The number of aliphatic hydroxyl groups excluding tert-OH is 1. The van der Waals surface area contributed by atoms with Crippen molar-refractivity contribution in [3.8, 4) is 0 Å². The highest BCUT2D eigenvalue weighted by Gasteiger charge is 2.69. The largest absolute Gasteiger partial charge is 0.446 e. The molecule has 0 bridgehead atoms. The van der Waals surface area contributed by atoms with Gasteiger partial charge in [0.05, 0.1) is 6.10 Å². The maximum Gasteiger partial charge on any atom is 0.303 e. The van der Waals surface area contributed by atoms with Crippen molar-refractivity contribution in [3.05, 3.63) is 23.3 Å². The van der Waals surface area contributed by atoms with Gasteiger partial charge in [-0.1, -0.05) is 31.6 Å². The number of hydrogen-bond donors (Lipinski definition) is 1. The summed E-state index contributed by atoms with van der Waals surface area (Å²) in [6, 6.07) is 0. The Labute approximate surface area is 174 Å². The standard InChI is InChI=1S/C25H36O4/c1-14-11-19-20(23(5)9-7-18(28)13-21(14)23)8-10-24(6)22(19)12-15(2)25(24,16(3)26)29-17(4)27/h18-20,22,28H,2,7-13H2,1,3-6H3/t18-,19-,20+,22+,23+,24+,25+/m0/s1. The highest BCUT2D eigenvalue weighted by Crippen LogP contribution is 2.69. The molecule has 4 aliphatic carbocycles. The lowest BCUT2D eigenvalue weighted by Gasteiger charge is -2.59. The molecule has 0 saturated heterocycles. The zero-order valence-corrected chi connectivity index (χ0v) is 18.6. The highest BCUT2D eigenvalue weighted by molar-refractivity contribution is 5.92. The second kappa shape index (κ2) is 6.54. The summed E-state index contributed by atoms with van der Waals surface area (Å²) in [7, 11) is 0. The van der Waals surface area contributed by atoms with E-state index in [9.17, 15) is 14.7 Å². The number of hydrogen-bond acceptors (Lipinski definition) is 4. The first-order valence-corrected chi connectivity index (χ1v) is 11.2. The van der Waals surface area contributed by atoms with E-state index in [0.717, 1.165) is 50.5 Å². The van der Waals surface area contributed by atoms with Crippen LogP contribution in [0, 0.1) is 28.6 Å². The molecule has 0 radical (unpaired) electrons. The Morgan fingerprint density at radius 1 is 1.07 bits per heavy atom. The van der Waals surface area contributed by atoms with Gasteiger partial charge in [-0.2, -0.15) is 0 Å². The average molecular weight is 401 g/mol. The number of ketones is 1. The topological polar surface area (TPSA) is 63.6 Å². The van der Waals surface area contributed by atoms with Gasteiger partial charge in [0.1, 0.15) is 0 Å². The molecule has 7 atom stereocenters. The summed E-state index contributed by atoms with van der Waals surface area (Å²) in [6.07, 6.45) is 6.18. The smallest absolute Gasteiger partial charge is 0.303 e. The van der Waals surface area contributed by atoms with Crippen molar-refractivity contribution in [2.24, 2.45) is 28.6 Å².